The summed E-state index contributed by atoms with van der Waals surface area (Å²) in [5.41, 5.74) is 2.26. The highest BCUT2D eigenvalue weighted by Gasteiger charge is 2.02. The van der Waals surface area contributed by atoms with Gasteiger partial charge in [0.15, 0.2) is 5.96 Å². The Hall–Kier alpha value is -1.59. The highest BCUT2D eigenvalue weighted by Crippen LogP contribution is 2.14. The highest BCUT2D eigenvalue weighted by molar-refractivity contribution is 7.09. The predicted octanol–water partition coefficient (Wildman–Crippen LogP) is 3.45. The monoisotopic (exact) mass is 350 g/mol. The Morgan fingerprint density at radius 2 is 2.00 bits per heavy atom. The topological polar surface area (TPSA) is 49.3 Å². The van der Waals surface area contributed by atoms with Gasteiger partial charge in [-0.2, -0.15) is 0 Å². The Morgan fingerprint density at radius 3 is 2.70 bits per heavy atom. The molecule has 1 aromatic heterocycles. The Bertz CT molecular complexity index is 639. The summed E-state index contributed by atoms with van der Waals surface area (Å²) < 4.78 is 0. The van der Waals surface area contributed by atoms with E-state index in [0.29, 0.717) is 0 Å². The van der Waals surface area contributed by atoms with Crippen LogP contribution >= 0.6 is 22.9 Å². The molecule has 0 atom stereocenters. The summed E-state index contributed by atoms with van der Waals surface area (Å²) in [6.07, 6.45) is 2.92. The van der Waals surface area contributed by atoms with E-state index in [9.17, 15) is 0 Å². The number of benzene rings is 1. The third-order valence-electron chi connectivity index (χ3n) is 3.39. The van der Waals surface area contributed by atoms with Gasteiger partial charge in [-0.3, -0.25) is 4.99 Å². The Kier molecular flexibility index (Phi) is 7.36. The lowest BCUT2D eigenvalue weighted by molar-refractivity contribution is 0.736. The molecule has 0 fully saturated rings. The summed E-state index contributed by atoms with van der Waals surface area (Å²) >= 11 is 7.89. The van der Waals surface area contributed by atoms with Gasteiger partial charge in [0.1, 0.15) is 0 Å². The second kappa shape index (κ2) is 9.53. The van der Waals surface area contributed by atoms with Gasteiger partial charge in [0.25, 0.3) is 0 Å². The third-order valence-corrected chi connectivity index (χ3v) is 4.79. The molecular formula is C17H23ClN4S. The average molecular weight is 351 g/mol. The zero-order chi connectivity index (χ0) is 16.5. The van der Waals surface area contributed by atoms with Crippen molar-refractivity contribution in [1.82, 2.24) is 15.6 Å². The summed E-state index contributed by atoms with van der Waals surface area (Å²) in [5.74, 6) is 0.826. The third kappa shape index (κ3) is 6.20. The summed E-state index contributed by atoms with van der Waals surface area (Å²) in [6.45, 7) is 3.71. The maximum absolute atomic E-state index is 6.16. The molecule has 4 nitrogen and oxygen atoms in total. The fourth-order valence-electron chi connectivity index (χ4n) is 2.20. The number of halogens is 1. The molecule has 2 N–H and O–H groups in total. The SMILES string of the molecule is CN=C(NCCCc1nc(C)cs1)NCCc1ccccc1Cl. The first kappa shape index (κ1) is 17.8. The molecule has 2 aromatic rings. The smallest absolute Gasteiger partial charge is 0.190 e. The van der Waals surface area contributed by atoms with E-state index >= 15 is 0 Å². The van der Waals surface area contributed by atoms with Crippen molar-refractivity contribution in [3.05, 3.63) is 50.9 Å². The normalized spacial score (nSPS) is 11.5. The molecule has 0 unspecified atom stereocenters. The lowest BCUT2D eigenvalue weighted by atomic mass is 10.1. The molecule has 1 aromatic carbocycles. The molecule has 0 spiro atoms. The number of aliphatic imine (C=N–C) groups is 1. The first-order chi connectivity index (χ1) is 11.2. The van der Waals surface area contributed by atoms with Crippen LogP contribution in [0, 0.1) is 6.92 Å². The fourth-order valence-corrected chi connectivity index (χ4v) is 3.25. The average Bonchev–Trinajstić information content (AvgIpc) is 2.97. The van der Waals surface area contributed by atoms with Crippen LogP contribution in [0.25, 0.3) is 0 Å². The molecule has 0 amide bonds. The maximum atomic E-state index is 6.16. The quantitative estimate of drug-likeness (QED) is 0.457. The molecule has 23 heavy (non-hydrogen) atoms. The van der Waals surface area contributed by atoms with E-state index in [2.05, 4.69) is 32.1 Å². The second-order valence-corrected chi connectivity index (χ2v) is 6.60. The molecule has 0 aliphatic rings. The molecule has 0 aliphatic heterocycles. The van der Waals surface area contributed by atoms with Gasteiger partial charge in [-0.1, -0.05) is 29.8 Å². The molecule has 0 saturated heterocycles. The fraction of sp³-hybridized carbons (Fsp3) is 0.412. The molecule has 0 bridgehead atoms. The van der Waals surface area contributed by atoms with E-state index in [-0.39, 0.29) is 0 Å². The van der Waals surface area contributed by atoms with E-state index in [1.807, 2.05) is 25.1 Å². The lowest BCUT2D eigenvalue weighted by Crippen LogP contribution is -2.38. The molecule has 0 radical (unpaired) electrons. The lowest BCUT2D eigenvalue weighted by Gasteiger charge is -2.12. The standard InChI is InChI=1S/C17H23ClN4S/c1-13-12-23-16(22-13)8-5-10-20-17(19-2)21-11-9-14-6-3-4-7-15(14)18/h3-4,6-7,12H,5,8-11H2,1-2H3,(H2,19,20,21). The second-order valence-electron chi connectivity index (χ2n) is 5.25. The Balaban J connectivity index is 1.64. The van der Waals surface area contributed by atoms with Crippen molar-refractivity contribution < 1.29 is 0 Å². The summed E-state index contributed by atoms with van der Waals surface area (Å²) in [4.78, 5) is 8.71. The van der Waals surface area contributed by atoms with E-state index in [1.165, 1.54) is 5.01 Å². The minimum absolute atomic E-state index is 0.801. The number of nitrogens with zero attached hydrogens (tertiary/aromatic N) is 2. The van der Waals surface area contributed by atoms with Crippen molar-refractivity contribution in [3.63, 3.8) is 0 Å². The van der Waals surface area contributed by atoms with Crippen LogP contribution in [0.1, 0.15) is 22.7 Å². The zero-order valence-corrected chi connectivity index (χ0v) is 15.2. The van der Waals surface area contributed by atoms with E-state index in [1.54, 1.807) is 18.4 Å². The summed E-state index contributed by atoms with van der Waals surface area (Å²) in [5, 5.41) is 10.8. The number of aromatic nitrogens is 1. The molecule has 6 heteroatoms. The number of guanidine groups is 1. The maximum Gasteiger partial charge on any atom is 0.190 e. The van der Waals surface area contributed by atoms with Gasteiger partial charge < -0.3 is 10.6 Å². The Morgan fingerprint density at radius 1 is 1.22 bits per heavy atom. The van der Waals surface area contributed by atoms with Crippen molar-refractivity contribution in [1.29, 1.82) is 0 Å². The highest BCUT2D eigenvalue weighted by atomic mass is 35.5. The molecule has 0 aliphatic carbocycles. The number of rotatable bonds is 7. The minimum Gasteiger partial charge on any atom is -0.356 e. The summed E-state index contributed by atoms with van der Waals surface area (Å²) in [7, 11) is 1.79. The molecule has 2 rings (SSSR count). The van der Waals surface area contributed by atoms with Crippen LogP contribution in [-0.2, 0) is 12.8 Å². The van der Waals surface area contributed by atoms with Gasteiger partial charge in [0, 0.05) is 42.7 Å². The number of nitrogens with one attached hydrogen (secondary N) is 2. The van der Waals surface area contributed by atoms with Gasteiger partial charge in [-0.05, 0) is 31.4 Å². The van der Waals surface area contributed by atoms with Crippen LogP contribution in [0.15, 0.2) is 34.6 Å². The van der Waals surface area contributed by atoms with Crippen LogP contribution in [-0.4, -0.2) is 31.1 Å². The first-order valence-electron chi connectivity index (χ1n) is 7.78. The molecular weight excluding hydrogens is 328 g/mol. The molecule has 0 saturated carbocycles. The van der Waals surface area contributed by atoms with Crippen molar-refractivity contribution in [3.8, 4) is 0 Å². The van der Waals surface area contributed by atoms with Crippen LogP contribution < -0.4 is 10.6 Å². The number of hydrogen-bond acceptors (Lipinski definition) is 3. The van der Waals surface area contributed by atoms with Crippen LogP contribution in [0.3, 0.4) is 0 Å². The molecule has 124 valence electrons. The van der Waals surface area contributed by atoms with Gasteiger partial charge in [0.05, 0.1) is 5.01 Å². The predicted molar refractivity (Wildman–Crippen MR) is 99.7 cm³/mol. The Labute approximate surface area is 147 Å². The first-order valence-corrected chi connectivity index (χ1v) is 9.03. The van der Waals surface area contributed by atoms with Gasteiger partial charge in [-0.15, -0.1) is 11.3 Å². The van der Waals surface area contributed by atoms with Crippen molar-refractivity contribution >= 4 is 28.9 Å². The summed E-state index contributed by atoms with van der Waals surface area (Å²) in [6, 6.07) is 7.93. The van der Waals surface area contributed by atoms with Crippen LogP contribution in [0.5, 0.6) is 0 Å². The van der Waals surface area contributed by atoms with Gasteiger partial charge in [0.2, 0.25) is 0 Å². The van der Waals surface area contributed by atoms with Crippen molar-refractivity contribution in [2.24, 2.45) is 4.99 Å². The van der Waals surface area contributed by atoms with Crippen LogP contribution in [0.2, 0.25) is 5.02 Å². The van der Waals surface area contributed by atoms with Gasteiger partial charge >= 0.3 is 0 Å². The number of thiazole rings is 1. The van der Waals surface area contributed by atoms with Crippen LogP contribution in [0.4, 0.5) is 0 Å². The van der Waals surface area contributed by atoms with Crippen molar-refractivity contribution in [2.75, 3.05) is 20.1 Å². The number of hydrogen-bond donors (Lipinski definition) is 2. The van der Waals surface area contributed by atoms with Gasteiger partial charge in [-0.25, -0.2) is 4.98 Å². The largest absolute Gasteiger partial charge is 0.356 e. The van der Waals surface area contributed by atoms with Crippen molar-refractivity contribution in [2.45, 2.75) is 26.2 Å². The van der Waals surface area contributed by atoms with E-state index in [4.69, 9.17) is 11.6 Å². The number of aryl methyl sites for hydroxylation is 2. The van der Waals surface area contributed by atoms with E-state index < -0.39 is 0 Å². The minimum atomic E-state index is 0.801. The zero-order valence-electron chi connectivity index (χ0n) is 13.6. The van der Waals surface area contributed by atoms with E-state index in [0.717, 1.165) is 54.6 Å². The molecule has 1 heterocycles.